The smallest absolute Gasteiger partial charge is 0.0117 e. The number of rotatable bonds is 9. The second-order valence-electron chi connectivity index (χ2n) is 3.09. The van der Waals surface area contributed by atoms with Crippen molar-refractivity contribution in [2.75, 3.05) is 6.54 Å². The number of nitrogens with one attached hydrogen (secondary N) is 3. The maximum atomic E-state index is 3.08. The number of hydrogen-bond donors (Lipinski definition) is 3. The molecular formula is C10H23N3. The third-order valence-electron chi connectivity index (χ3n) is 1.72. The van der Waals surface area contributed by atoms with Crippen LogP contribution in [0.4, 0.5) is 0 Å². The van der Waals surface area contributed by atoms with Crippen molar-refractivity contribution < 1.29 is 0 Å². The van der Waals surface area contributed by atoms with Crippen LogP contribution in [0.3, 0.4) is 0 Å². The zero-order valence-electron chi connectivity index (χ0n) is 8.90. The van der Waals surface area contributed by atoms with E-state index < -0.39 is 0 Å². The van der Waals surface area contributed by atoms with E-state index in [4.69, 9.17) is 0 Å². The van der Waals surface area contributed by atoms with Gasteiger partial charge in [-0.1, -0.05) is 39.2 Å². The van der Waals surface area contributed by atoms with E-state index >= 15 is 0 Å². The lowest BCUT2D eigenvalue weighted by Gasteiger charge is -2.05. The molecule has 0 aliphatic rings. The Kier molecular flexibility index (Phi) is 11.0. The fraction of sp³-hybridized carbons (Fsp3) is 0.800. The van der Waals surface area contributed by atoms with E-state index in [2.05, 4.69) is 36.3 Å². The predicted octanol–water partition coefficient (Wildman–Crippen LogP) is 2.09. The van der Waals surface area contributed by atoms with E-state index in [1.165, 1.54) is 25.7 Å². The summed E-state index contributed by atoms with van der Waals surface area (Å²) in [5.74, 6) is 0. The number of allylic oxidation sites excluding steroid dienone is 1. The molecule has 13 heavy (non-hydrogen) atoms. The Bertz CT molecular complexity index is 113. The molecule has 0 saturated heterocycles. The molecular weight excluding hydrogens is 162 g/mol. The van der Waals surface area contributed by atoms with Crippen LogP contribution in [0.1, 0.15) is 46.0 Å². The van der Waals surface area contributed by atoms with Crippen LogP contribution < -0.4 is 16.4 Å². The van der Waals surface area contributed by atoms with Crippen molar-refractivity contribution in [1.82, 2.24) is 16.4 Å². The summed E-state index contributed by atoms with van der Waals surface area (Å²) in [6, 6.07) is 0. The molecule has 0 aliphatic heterocycles. The summed E-state index contributed by atoms with van der Waals surface area (Å²) in [6.45, 7) is 5.39. The van der Waals surface area contributed by atoms with Crippen molar-refractivity contribution in [3.8, 4) is 0 Å². The maximum Gasteiger partial charge on any atom is 0.0117 e. The molecule has 0 spiro atoms. The molecule has 3 nitrogen and oxygen atoms in total. The molecule has 3 heteroatoms. The molecule has 0 aliphatic carbocycles. The highest BCUT2D eigenvalue weighted by molar-refractivity contribution is 4.76. The van der Waals surface area contributed by atoms with Gasteiger partial charge in [0.1, 0.15) is 0 Å². The first-order valence-electron chi connectivity index (χ1n) is 5.30. The zero-order valence-corrected chi connectivity index (χ0v) is 8.90. The number of hydrogen-bond acceptors (Lipinski definition) is 3. The standard InChI is InChI=1S/C10H23N3/c1-3-5-7-9-11-13-12-10-8-6-4-2/h7,9,11-13H,3-6,8,10H2,1-2H3/b9-7+. The molecule has 0 aromatic heterocycles. The Morgan fingerprint density at radius 2 is 1.92 bits per heavy atom. The summed E-state index contributed by atoms with van der Waals surface area (Å²) in [6.07, 6.45) is 10.2. The monoisotopic (exact) mass is 185 g/mol. The predicted molar refractivity (Wildman–Crippen MR) is 57.8 cm³/mol. The Morgan fingerprint density at radius 1 is 1.08 bits per heavy atom. The normalized spacial score (nSPS) is 10.9. The van der Waals surface area contributed by atoms with Gasteiger partial charge >= 0.3 is 0 Å². The molecule has 0 unspecified atom stereocenters. The summed E-state index contributed by atoms with van der Waals surface area (Å²) in [5, 5.41) is 0. The average Bonchev–Trinajstić information content (AvgIpc) is 2.16. The van der Waals surface area contributed by atoms with Crippen molar-refractivity contribution in [3.63, 3.8) is 0 Å². The van der Waals surface area contributed by atoms with Crippen LogP contribution in [0.5, 0.6) is 0 Å². The molecule has 0 rings (SSSR count). The van der Waals surface area contributed by atoms with Gasteiger partial charge < -0.3 is 5.43 Å². The summed E-state index contributed by atoms with van der Waals surface area (Å²) in [5.41, 5.74) is 8.96. The summed E-state index contributed by atoms with van der Waals surface area (Å²) < 4.78 is 0. The minimum absolute atomic E-state index is 1.02. The number of hydrazine groups is 2. The molecule has 0 aromatic rings. The maximum absolute atomic E-state index is 3.08. The van der Waals surface area contributed by atoms with E-state index in [0.29, 0.717) is 0 Å². The Labute approximate surface area is 81.9 Å². The Hall–Kier alpha value is -0.540. The lowest BCUT2D eigenvalue weighted by atomic mass is 10.3. The Balaban J connectivity index is 2.91. The molecule has 0 fully saturated rings. The molecule has 0 aromatic carbocycles. The third-order valence-corrected chi connectivity index (χ3v) is 1.72. The largest absolute Gasteiger partial charge is 0.316 e. The van der Waals surface area contributed by atoms with Crippen LogP contribution in [-0.4, -0.2) is 6.54 Å². The van der Waals surface area contributed by atoms with Gasteiger partial charge in [-0.3, -0.25) is 0 Å². The molecule has 0 saturated carbocycles. The highest BCUT2D eigenvalue weighted by Crippen LogP contribution is 1.89. The van der Waals surface area contributed by atoms with Crippen molar-refractivity contribution in [3.05, 3.63) is 12.3 Å². The average molecular weight is 185 g/mol. The molecule has 0 bridgehead atoms. The first-order chi connectivity index (χ1) is 6.41. The van der Waals surface area contributed by atoms with Crippen LogP contribution in [-0.2, 0) is 0 Å². The van der Waals surface area contributed by atoms with E-state index in [1.54, 1.807) is 0 Å². The van der Waals surface area contributed by atoms with Gasteiger partial charge in [-0.05, 0) is 12.8 Å². The Morgan fingerprint density at radius 3 is 2.62 bits per heavy atom. The highest BCUT2D eigenvalue weighted by atomic mass is 15.6. The summed E-state index contributed by atoms with van der Waals surface area (Å²) in [4.78, 5) is 0. The molecule has 78 valence electrons. The fourth-order valence-electron chi connectivity index (χ4n) is 0.928. The lowest BCUT2D eigenvalue weighted by molar-refractivity contribution is 0.472. The van der Waals surface area contributed by atoms with Gasteiger partial charge in [0.15, 0.2) is 0 Å². The van der Waals surface area contributed by atoms with E-state index in [9.17, 15) is 0 Å². The molecule has 3 N–H and O–H groups in total. The van der Waals surface area contributed by atoms with E-state index in [1.807, 2.05) is 6.20 Å². The van der Waals surface area contributed by atoms with Crippen molar-refractivity contribution in [1.29, 1.82) is 0 Å². The SMILES string of the molecule is CCC/C=C/NNNCCCCC. The molecule has 0 radical (unpaired) electrons. The van der Waals surface area contributed by atoms with Gasteiger partial charge in [0.2, 0.25) is 0 Å². The number of unbranched alkanes of at least 4 members (excludes halogenated alkanes) is 3. The molecule has 0 atom stereocenters. The quantitative estimate of drug-likeness (QED) is 0.380. The van der Waals surface area contributed by atoms with Crippen LogP contribution in [0.25, 0.3) is 0 Å². The van der Waals surface area contributed by atoms with Gasteiger partial charge in [-0.15, -0.1) is 0 Å². The van der Waals surface area contributed by atoms with Crippen LogP contribution in [0.2, 0.25) is 0 Å². The van der Waals surface area contributed by atoms with E-state index in [0.717, 1.165) is 13.0 Å². The van der Waals surface area contributed by atoms with Crippen molar-refractivity contribution in [2.45, 2.75) is 46.0 Å². The minimum atomic E-state index is 1.02. The second kappa shape index (κ2) is 11.5. The van der Waals surface area contributed by atoms with Gasteiger partial charge in [-0.2, -0.15) is 5.53 Å². The van der Waals surface area contributed by atoms with Gasteiger partial charge in [0, 0.05) is 12.7 Å². The van der Waals surface area contributed by atoms with Gasteiger partial charge in [0.25, 0.3) is 0 Å². The van der Waals surface area contributed by atoms with Crippen molar-refractivity contribution in [2.24, 2.45) is 0 Å². The molecule has 0 amide bonds. The second-order valence-corrected chi connectivity index (χ2v) is 3.09. The fourth-order valence-corrected chi connectivity index (χ4v) is 0.928. The minimum Gasteiger partial charge on any atom is -0.316 e. The van der Waals surface area contributed by atoms with Crippen LogP contribution in [0.15, 0.2) is 12.3 Å². The summed E-state index contributed by atoms with van der Waals surface area (Å²) in [7, 11) is 0. The van der Waals surface area contributed by atoms with Gasteiger partial charge in [-0.25, -0.2) is 5.43 Å². The first kappa shape index (κ1) is 12.5. The lowest BCUT2D eigenvalue weighted by Crippen LogP contribution is -2.40. The third kappa shape index (κ3) is 11.5. The van der Waals surface area contributed by atoms with Crippen LogP contribution in [0, 0.1) is 0 Å². The van der Waals surface area contributed by atoms with Crippen LogP contribution >= 0.6 is 0 Å². The summed E-state index contributed by atoms with van der Waals surface area (Å²) >= 11 is 0. The van der Waals surface area contributed by atoms with Crippen molar-refractivity contribution >= 4 is 0 Å². The van der Waals surface area contributed by atoms with Gasteiger partial charge in [0.05, 0.1) is 0 Å². The highest BCUT2D eigenvalue weighted by Gasteiger charge is 1.83. The molecule has 0 heterocycles. The topological polar surface area (TPSA) is 36.1 Å². The zero-order chi connectivity index (χ0) is 9.78. The van der Waals surface area contributed by atoms with E-state index in [-0.39, 0.29) is 0 Å². The first-order valence-corrected chi connectivity index (χ1v) is 5.30.